The van der Waals surface area contributed by atoms with Crippen molar-refractivity contribution in [1.82, 2.24) is 0 Å². The van der Waals surface area contributed by atoms with Gasteiger partial charge in [-0.1, -0.05) is 70.6 Å². The Balaban J connectivity index is 1.80. The second kappa shape index (κ2) is 8.39. The van der Waals surface area contributed by atoms with Gasteiger partial charge in [-0.3, -0.25) is 0 Å². The fourth-order valence-corrected chi connectivity index (χ4v) is 5.30. The lowest BCUT2D eigenvalue weighted by Gasteiger charge is -2.44. The average Bonchev–Trinajstić information content (AvgIpc) is 3.11. The minimum Gasteiger partial charge on any atom is -0.311 e. The quantitative estimate of drug-likeness (QED) is 0.228. The van der Waals surface area contributed by atoms with Crippen molar-refractivity contribution in [2.24, 2.45) is 0 Å². The first-order valence-corrected chi connectivity index (χ1v) is 12.4. The Kier molecular flexibility index (Phi) is 2.77. The molecule has 5 aromatic rings. The minimum absolute atomic E-state index is 0.000299. The normalized spacial score (nSPS) is 18.4. The van der Waals surface area contributed by atoms with Gasteiger partial charge in [0, 0.05) is 34.1 Å². The lowest BCUT2D eigenvalue weighted by Crippen LogP contribution is -2.61. The first-order valence-electron chi connectivity index (χ1n) is 19.4. The first-order chi connectivity index (χ1) is 24.3. The summed E-state index contributed by atoms with van der Waals surface area (Å²) in [5.74, 6) is 0. The predicted molar refractivity (Wildman–Crippen MR) is 164 cm³/mol. The maximum atomic E-state index is 9.53. The summed E-state index contributed by atoms with van der Waals surface area (Å²) >= 11 is 0. The van der Waals surface area contributed by atoms with Crippen molar-refractivity contribution < 1.29 is 19.2 Å². The Morgan fingerprint density at radius 3 is 1.66 bits per heavy atom. The Bertz CT molecular complexity index is 2440. The molecule has 0 fully saturated rings. The monoisotopic (exact) mass is 504 g/mol. The minimum atomic E-state index is -1.04. The van der Waals surface area contributed by atoms with Crippen molar-refractivity contribution in [3.63, 3.8) is 0 Å². The summed E-state index contributed by atoms with van der Waals surface area (Å²) in [6.07, 6.45) is 0. The molecule has 0 radical (unpaired) electrons. The van der Waals surface area contributed by atoms with Crippen molar-refractivity contribution >= 4 is 57.2 Å². The summed E-state index contributed by atoms with van der Waals surface area (Å²) in [5.41, 5.74) is 1.24. The highest BCUT2D eigenvalue weighted by molar-refractivity contribution is 7.00. The number of hydrogen-bond acceptors (Lipinski definition) is 2. The van der Waals surface area contributed by atoms with E-state index in [-0.39, 0.29) is 128 Å². The van der Waals surface area contributed by atoms with Crippen LogP contribution in [0.1, 0.15) is 47.0 Å². The predicted octanol–water partition coefficient (Wildman–Crippen LogP) is 7.31. The van der Waals surface area contributed by atoms with E-state index in [4.69, 9.17) is 13.7 Å². The standard InChI is InChI=1S/C35H31BN2/c1-22-6-12-27(13-7-22)37-31-16-10-24(3)18-29(31)36-30-19-25(4)11-17-32(30)38(28-14-8-23(2)9-15-28)34-21-26(5)20-33(37)35(34)36/h6-21H,1-5H3/i6D,7D,8D,9D,10D,11D,12D,13D,14D,15D,16D,19D,20D,21D. The summed E-state index contributed by atoms with van der Waals surface area (Å²) < 4.78 is 127. The molecular formula is C35H31BN2. The molecule has 0 aromatic heterocycles. The molecule has 7 rings (SSSR count). The van der Waals surface area contributed by atoms with Crippen molar-refractivity contribution in [3.8, 4) is 0 Å². The van der Waals surface area contributed by atoms with Crippen LogP contribution >= 0.6 is 0 Å². The Morgan fingerprint density at radius 1 is 0.500 bits per heavy atom. The van der Waals surface area contributed by atoms with Gasteiger partial charge in [-0.25, -0.2) is 0 Å². The van der Waals surface area contributed by atoms with Gasteiger partial charge in [-0.15, -0.1) is 0 Å². The topological polar surface area (TPSA) is 6.48 Å². The van der Waals surface area contributed by atoms with Crippen LogP contribution in [-0.4, -0.2) is 6.71 Å². The average molecular weight is 505 g/mol. The van der Waals surface area contributed by atoms with E-state index in [1.165, 1.54) is 36.6 Å². The number of fused-ring (bicyclic) bond motifs is 4. The third-order valence-electron chi connectivity index (χ3n) is 6.89. The Morgan fingerprint density at radius 2 is 1.05 bits per heavy atom. The van der Waals surface area contributed by atoms with Crippen LogP contribution in [0, 0.1) is 34.6 Å². The molecule has 0 unspecified atom stereocenters. The van der Waals surface area contributed by atoms with Crippen molar-refractivity contribution in [2.45, 2.75) is 34.6 Å². The van der Waals surface area contributed by atoms with Crippen LogP contribution in [0.5, 0.6) is 0 Å². The van der Waals surface area contributed by atoms with E-state index >= 15 is 0 Å². The molecule has 0 bridgehead atoms. The third-order valence-corrected chi connectivity index (χ3v) is 6.89. The molecule has 0 aliphatic carbocycles. The molecule has 184 valence electrons. The number of hydrogen-bond donors (Lipinski definition) is 0. The lowest BCUT2D eigenvalue weighted by atomic mass is 9.33. The molecule has 2 heterocycles. The largest absolute Gasteiger partial charge is 0.311 e. The Labute approximate surface area is 245 Å². The SMILES string of the molecule is [2H]c1cc2c(c([2H])c1C)B1c3cc(C)c([2H])c([2H])c3N(c3c([2H])c([2H])c(C)c([2H])c3[2H])c3c([2H])c(C)c([2H])c(c31)N2c1c([2H])c([2H])c(C)c([2H])c1[2H]. The summed E-state index contributed by atoms with van der Waals surface area (Å²) in [5, 5.41) is 0. The summed E-state index contributed by atoms with van der Waals surface area (Å²) in [7, 11) is 0. The maximum absolute atomic E-state index is 9.53. The van der Waals surface area contributed by atoms with Crippen LogP contribution in [0.2, 0.25) is 0 Å². The van der Waals surface area contributed by atoms with Gasteiger partial charge in [0.05, 0.1) is 19.2 Å². The number of nitrogens with zero attached hydrogens (tertiary/aromatic N) is 2. The van der Waals surface area contributed by atoms with E-state index in [1.54, 1.807) is 19.9 Å². The van der Waals surface area contributed by atoms with Crippen LogP contribution in [-0.2, 0) is 0 Å². The lowest BCUT2D eigenvalue weighted by molar-refractivity contribution is 1.23. The molecule has 2 aliphatic rings. The highest BCUT2D eigenvalue weighted by Gasteiger charge is 2.43. The van der Waals surface area contributed by atoms with Gasteiger partial charge in [0.25, 0.3) is 6.71 Å². The molecule has 0 saturated heterocycles. The second-order valence-electron chi connectivity index (χ2n) is 9.76. The molecule has 2 nitrogen and oxygen atoms in total. The number of aryl methyl sites for hydroxylation is 1. The van der Waals surface area contributed by atoms with Gasteiger partial charge in [-0.05, 0) is 105 Å². The van der Waals surface area contributed by atoms with Crippen LogP contribution in [0.3, 0.4) is 0 Å². The zero-order chi connectivity index (χ0) is 38.3. The fourth-order valence-electron chi connectivity index (χ4n) is 5.30. The smallest absolute Gasteiger partial charge is 0.252 e. The fraction of sp³-hybridized carbons (Fsp3) is 0.143. The maximum Gasteiger partial charge on any atom is 0.252 e. The van der Waals surface area contributed by atoms with Gasteiger partial charge in [-0.2, -0.15) is 0 Å². The number of rotatable bonds is 2. The highest BCUT2D eigenvalue weighted by atomic mass is 15.2. The van der Waals surface area contributed by atoms with Gasteiger partial charge < -0.3 is 9.80 Å². The van der Waals surface area contributed by atoms with E-state index in [0.717, 1.165) is 0 Å². The zero-order valence-corrected chi connectivity index (χ0v) is 21.6. The van der Waals surface area contributed by atoms with Crippen molar-refractivity contribution in [3.05, 3.63) is 125 Å². The molecule has 0 atom stereocenters. The Hall–Kier alpha value is -4.24. The molecule has 38 heavy (non-hydrogen) atoms. The van der Waals surface area contributed by atoms with Crippen LogP contribution in [0.25, 0.3) is 0 Å². The van der Waals surface area contributed by atoms with Crippen LogP contribution < -0.4 is 26.2 Å². The van der Waals surface area contributed by atoms with Gasteiger partial charge in [0.15, 0.2) is 0 Å². The van der Waals surface area contributed by atoms with Gasteiger partial charge in [0.1, 0.15) is 0 Å². The first kappa shape index (κ1) is 12.5. The van der Waals surface area contributed by atoms with E-state index in [2.05, 4.69) is 0 Å². The summed E-state index contributed by atoms with van der Waals surface area (Å²) in [4.78, 5) is 2.62. The highest BCUT2D eigenvalue weighted by Crippen LogP contribution is 2.44. The van der Waals surface area contributed by atoms with Crippen LogP contribution in [0.4, 0.5) is 34.1 Å². The molecule has 0 saturated carbocycles. The van der Waals surface area contributed by atoms with Gasteiger partial charge >= 0.3 is 0 Å². The van der Waals surface area contributed by atoms with E-state index < -0.39 is 30.9 Å². The summed E-state index contributed by atoms with van der Waals surface area (Å²) in [6.45, 7) is 6.61. The molecule has 0 N–H and O–H groups in total. The van der Waals surface area contributed by atoms with Crippen molar-refractivity contribution in [1.29, 1.82) is 0 Å². The molecule has 0 spiro atoms. The van der Waals surface area contributed by atoms with Gasteiger partial charge in [0.2, 0.25) is 0 Å². The zero-order valence-electron chi connectivity index (χ0n) is 35.6. The van der Waals surface area contributed by atoms with E-state index in [9.17, 15) is 5.48 Å². The molecule has 3 heteroatoms. The number of benzene rings is 5. The number of anilines is 6. The molecule has 5 aromatic carbocycles. The van der Waals surface area contributed by atoms with E-state index in [0.29, 0.717) is 11.0 Å². The van der Waals surface area contributed by atoms with E-state index in [1.807, 2.05) is 0 Å². The summed E-state index contributed by atoms with van der Waals surface area (Å²) in [6, 6.07) is -1.19. The molecule has 2 aliphatic heterocycles. The molecule has 0 amide bonds. The van der Waals surface area contributed by atoms with Crippen LogP contribution in [0.15, 0.2) is 96.7 Å². The molecular weight excluding hydrogens is 459 g/mol. The second-order valence-corrected chi connectivity index (χ2v) is 9.76. The third kappa shape index (κ3) is 3.42. The van der Waals surface area contributed by atoms with Crippen molar-refractivity contribution in [2.75, 3.05) is 9.80 Å².